The number of nitrogens with zero attached hydrogens (tertiary/aromatic N) is 3. The lowest BCUT2D eigenvalue weighted by Gasteiger charge is -2.16. The van der Waals surface area contributed by atoms with E-state index in [4.69, 9.17) is 4.52 Å². The summed E-state index contributed by atoms with van der Waals surface area (Å²) >= 11 is 0. The van der Waals surface area contributed by atoms with E-state index < -0.39 is 0 Å². The molecular formula is C14H28N4O. The van der Waals surface area contributed by atoms with Crippen LogP contribution in [0.3, 0.4) is 0 Å². The molecule has 0 unspecified atom stereocenters. The highest BCUT2D eigenvalue weighted by molar-refractivity contribution is 5.05. The average molecular weight is 268 g/mol. The molecule has 0 saturated carbocycles. The van der Waals surface area contributed by atoms with Crippen molar-refractivity contribution in [2.75, 3.05) is 34.2 Å². The molecule has 5 heteroatoms. The lowest BCUT2D eigenvalue weighted by atomic mass is 10.3. The van der Waals surface area contributed by atoms with Gasteiger partial charge in [-0.3, -0.25) is 4.90 Å². The fraction of sp³-hybridized carbons (Fsp3) is 0.786. The van der Waals surface area contributed by atoms with Gasteiger partial charge in [-0.25, -0.2) is 0 Å². The van der Waals surface area contributed by atoms with E-state index in [9.17, 15) is 0 Å². The molecule has 0 aliphatic heterocycles. The van der Waals surface area contributed by atoms with Gasteiger partial charge >= 0.3 is 0 Å². The lowest BCUT2D eigenvalue weighted by molar-refractivity contribution is 0.257. The minimum absolute atomic E-state index is 0.467. The highest BCUT2D eigenvalue weighted by atomic mass is 16.5. The Hall–Kier alpha value is -0.910. The van der Waals surface area contributed by atoms with Gasteiger partial charge in [-0.1, -0.05) is 19.0 Å². The summed E-state index contributed by atoms with van der Waals surface area (Å²) in [5.41, 5.74) is 0.977. The number of hydrogen-bond donors (Lipinski definition) is 1. The molecule has 1 aromatic rings. The summed E-state index contributed by atoms with van der Waals surface area (Å²) in [7, 11) is 6.32. The molecule has 110 valence electrons. The van der Waals surface area contributed by atoms with Crippen LogP contribution in [0.15, 0.2) is 10.6 Å². The molecule has 0 amide bonds. The summed E-state index contributed by atoms with van der Waals surface area (Å²) in [6.07, 6.45) is 1.17. The van der Waals surface area contributed by atoms with Gasteiger partial charge in [-0.2, -0.15) is 0 Å². The van der Waals surface area contributed by atoms with Crippen LogP contribution >= 0.6 is 0 Å². The topological polar surface area (TPSA) is 44.5 Å². The van der Waals surface area contributed by atoms with Gasteiger partial charge in [0.1, 0.15) is 0 Å². The van der Waals surface area contributed by atoms with Crippen molar-refractivity contribution in [3.8, 4) is 0 Å². The third-order valence-electron chi connectivity index (χ3n) is 2.87. The van der Waals surface area contributed by atoms with Crippen LogP contribution in [0.1, 0.15) is 31.7 Å². The van der Waals surface area contributed by atoms with Gasteiger partial charge in [0.05, 0.1) is 12.2 Å². The highest BCUT2D eigenvalue weighted by Crippen LogP contribution is 2.07. The van der Waals surface area contributed by atoms with Crippen LogP contribution in [0, 0.1) is 0 Å². The van der Waals surface area contributed by atoms with Crippen molar-refractivity contribution in [2.24, 2.45) is 0 Å². The zero-order valence-corrected chi connectivity index (χ0v) is 12.9. The maximum atomic E-state index is 5.35. The average Bonchev–Trinajstić information content (AvgIpc) is 2.73. The normalized spacial score (nSPS) is 12.0. The minimum Gasteiger partial charge on any atom is -0.360 e. The van der Waals surface area contributed by atoms with E-state index in [1.165, 1.54) is 6.42 Å². The molecule has 1 N–H and O–H groups in total. The zero-order chi connectivity index (χ0) is 14.3. The van der Waals surface area contributed by atoms with Crippen LogP contribution in [0.5, 0.6) is 0 Å². The third kappa shape index (κ3) is 7.30. The molecule has 1 rings (SSSR count). The zero-order valence-electron chi connectivity index (χ0n) is 12.9. The Morgan fingerprint density at radius 2 is 2.00 bits per heavy atom. The summed E-state index contributed by atoms with van der Waals surface area (Å²) in [6, 6.07) is 2.51. The van der Waals surface area contributed by atoms with E-state index in [-0.39, 0.29) is 0 Å². The molecular weight excluding hydrogens is 240 g/mol. The number of hydrogen-bond acceptors (Lipinski definition) is 5. The van der Waals surface area contributed by atoms with Crippen molar-refractivity contribution >= 4 is 0 Å². The maximum Gasteiger partial charge on any atom is 0.151 e. The summed E-state index contributed by atoms with van der Waals surface area (Å²) in [6.45, 7) is 8.02. The van der Waals surface area contributed by atoms with Crippen molar-refractivity contribution in [1.82, 2.24) is 20.3 Å². The molecule has 0 atom stereocenters. The van der Waals surface area contributed by atoms with Crippen molar-refractivity contribution in [1.29, 1.82) is 0 Å². The molecule has 0 aromatic carbocycles. The van der Waals surface area contributed by atoms with Crippen LogP contribution < -0.4 is 5.32 Å². The number of rotatable bonds is 9. The first kappa shape index (κ1) is 16.1. The minimum atomic E-state index is 0.467. The lowest BCUT2D eigenvalue weighted by Crippen LogP contribution is -2.23. The van der Waals surface area contributed by atoms with Gasteiger partial charge < -0.3 is 14.7 Å². The Morgan fingerprint density at radius 3 is 2.63 bits per heavy atom. The van der Waals surface area contributed by atoms with Gasteiger partial charge in [0.15, 0.2) is 5.76 Å². The Bertz CT molecular complexity index is 349. The third-order valence-corrected chi connectivity index (χ3v) is 2.87. The fourth-order valence-corrected chi connectivity index (χ4v) is 1.82. The van der Waals surface area contributed by atoms with Gasteiger partial charge in [-0.05, 0) is 40.7 Å². The van der Waals surface area contributed by atoms with Gasteiger partial charge in [-0.15, -0.1) is 0 Å². The van der Waals surface area contributed by atoms with Crippen molar-refractivity contribution in [3.05, 3.63) is 17.5 Å². The van der Waals surface area contributed by atoms with Crippen LogP contribution in [0.25, 0.3) is 0 Å². The van der Waals surface area contributed by atoms with E-state index in [1.54, 1.807) is 0 Å². The molecule has 19 heavy (non-hydrogen) atoms. The first-order chi connectivity index (χ1) is 8.97. The van der Waals surface area contributed by atoms with Crippen LogP contribution in [0.4, 0.5) is 0 Å². The fourth-order valence-electron chi connectivity index (χ4n) is 1.82. The van der Waals surface area contributed by atoms with Crippen molar-refractivity contribution in [3.63, 3.8) is 0 Å². The Labute approximate surface area is 116 Å². The van der Waals surface area contributed by atoms with Gasteiger partial charge in [0.25, 0.3) is 0 Å². The summed E-state index contributed by atoms with van der Waals surface area (Å²) in [5.74, 6) is 0.938. The predicted molar refractivity (Wildman–Crippen MR) is 78.0 cm³/mol. The van der Waals surface area contributed by atoms with Gasteiger partial charge in [0, 0.05) is 18.7 Å². The van der Waals surface area contributed by atoms with E-state index >= 15 is 0 Å². The molecule has 0 saturated heterocycles. The summed E-state index contributed by atoms with van der Waals surface area (Å²) in [5, 5.41) is 7.41. The number of aromatic nitrogens is 1. The molecule has 0 bridgehead atoms. The summed E-state index contributed by atoms with van der Waals surface area (Å²) in [4.78, 5) is 4.47. The Morgan fingerprint density at radius 1 is 1.26 bits per heavy atom. The van der Waals surface area contributed by atoms with Crippen molar-refractivity contribution in [2.45, 2.75) is 39.4 Å². The Kier molecular flexibility index (Phi) is 7.05. The number of nitrogens with one attached hydrogen (secondary N) is 1. The molecule has 0 aliphatic rings. The van der Waals surface area contributed by atoms with E-state index in [2.05, 4.69) is 55.3 Å². The first-order valence-electron chi connectivity index (χ1n) is 6.98. The standard InChI is InChI=1S/C14H28N4O/c1-12(2)15-10-13-9-14(19-16-13)11-18(5)8-6-7-17(3)4/h9,12,15H,6-8,10-11H2,1-5H3. The van der Waals surface area contributed by atoms with E-state index in [0.717, 1.165) is 37.6 Å². The SMILES string of the molecule is CC(C)NCc1cc(CN(C)CCCN(C)C)on1. The second-order valence-electron chi connectivity index (χ2n) is 5.71. The van der Waals surface area contributed by atoms with Crippen LogP contribution in [-0.2, 0) is 13.1 Å². The second-order valence-corrected chi connectivity index (χ2v) is 5.71. The quantitative estimate of drug-likeness (QED) is 0.736. The molecule has 0 fully saturated rings. The van der Waals surface area contributed by atoms with Crippen LogP contribution in [0.2, 0.25) is 0 Å². The summed E-state index contributed by atoms with van der Waals surface area (Å²) < 4.78 is 5.35. The van der Waals surface area contributed by atoms with Crippen molar-refractivity contribution < 1.29 is 4.52 Å². The largest absolute Gasteiger partial charge is 0.360 e. The second kappa shape index (κ2) is 8.30. The smallest absolute Gasteiger partial charge is 0.151 e. The Balaban J connectivity index is 2.28. The molecule has 0 spiro atoms. The van der Waals surface area contributed by atoms with E-state index in [0.29, 0.717) is 6.04 Å². The highest BCUT2D eigenvalue weighted by Gasteiger charge is 2.07. The molecule has 1 heterocycles. The molecule has 0 radical (unpaired) electrons. The molecule has 1 aromatic heterocycles. The van der Waals surface area contributed by atoms with E-state index in [1.807, 2.05) is 6.07 Å². The molecule has 5 nitrogen and oxygen atoms in total. The van der Waals surface area contributed by atoms with Crippen LogP contribution in [-0.4, -0.2) is 55.2 Å². The first-order valence-corrected chi connectivity index (χ1v) is 6.98. The van der Waals surface area contributed by atoms with Gasteiger partial charge in [0.2, 0.25) is 0 Å². The monoisotopic (exact) mass is 268 g/mol. The predicted octanol–water partition coefficient (Wildman–Crippen LogP) is 1.56. The molecule has 0 aliphatic carbocycles. The maximum absolute atomic E-state index is 5.35.